The molecule has 0 saturated carbocycles. The lowest BCUT2D eigenvalue weighted by atomic mass is 10.1. The van der Waals surface area contributed by atoms with Gasteiger partial charge in [0.15, 0.2) is 0 Å². The SMILES string of the molecule is Cc1ccc(C(=O)N(CCCN)CCCc2nc3onc(C)c3c(=O)n2Cc2ccccc2)cc1F. The average Bonchev–Trinajstić information content (AvgIpc) is 3.25. The first-order valence-corrected chi connectivity index (χ1v) is 12.0. The lowest BCUT2D eigenvalue weighted by Gasteiger charge is -2.23. The summed E-state index contributed by atoms with van der Waals surface area (Å²) in [6.07, 6.45) is 1.61. The lowest BCUT2D eigenvalue weighted by Crippen LogP contribution is -2.34. The quantitative estimate of drug-likeness (QED) is 0.363. The molecular formula is C27H30FN5O3. The Balaban J connectivity index is 1.57. The fourth-order valence-corrected chi connectivity index (χ4v) is 4.16. The summed E-state index contributed by atoms with van der Waals surface area (Å²) >= 11 is 0. The predicted molar refractivity (Wildman–Crippen MR) is 135 cm³/mol. The van der Waals surface area contributed by atoms with Crippen LogP contribution in [0.1, 0.15) is 45.8 Å². The Kier molecular flexibility index (Phi) is 7.90. The van der Waals surface area contributed by atoms with Crippen molar-refractivity contribution in [3.05, 3.63) is 92.9 Å². The number of fused-ring (bicyclic) bond motifs is 1. The Morgan fingerprint density at radius 1 is 1.11 bits per heavy atom. The summed E-state index contributed by atoms with van der Waals surface area (Å²) in [7, 11) is 0. The highest BCUT2D eigenvalue weighted by Gasteiger charge is 2.19. The molecule has 1 amide bonds. The summed E-state index contributed by atoms with van der Waals surface area (Å²) in [5.74, 6) is -0.109. The molecule has 4 aromatic rings. The van der Waals surface area contributed by atoms with Crippen LogP contribution in [0.5, 0.6) is 0 Å². The van der Waals surface area contributed by atoms with Gasteiger partial charge in [-0.15, -0.1) is 0 Å². The summed E-state index contributed by atoms with van der Waals surface area (Å²) in [5.41, 5.74) is 7.94. The van der Waals surface area contributed by atoms with E-state index < -0.39 is 5.82 Å². The van der Waals surface area contributed by atoms with Gasteiger partial charge in [-0.3, -0.25) is 14.2 Å². The molecule has 9 heteroatoms. The van der Waals surface area contributed by atoms with Gasteiger partial charge < -0.3 is 15.2 Å². The Bertz CT molecular complexity index is 1410. The van der Waals surface area contributed by atoms with Crippen molar-refractivity contribution in [3.8, 4) is 0 Å². The van der Waals surface area contributed by atoms with Gasteiger partial charge in [-0.25, -0.2) is 4.39 Å². The van der Waals surface area contributed by atoms with E-state index in [4.69, 9.17) is 10.3 Å². The largest absolute Gasteiger partial charge is 0.339 e. The predicted octanol–water partition coefficient (Wildman–Crippen LogP) is 3.61. The maximum absolute atomic E-state index is 14.1. The van der Waals surface area contributed by atoms with E-state index in [-0.39, 0.29) is 17.2 Å². The van der Waals surface area contributed by atoms with Crippen molar-refractivity contribution in [2.75, 3.05) is 19.6 Å². The zero-order valence-electron chi connectivity index (χ0n) is 20.5. The molecule has 0 aliphatic rings. The molecule has 4 rings (SSSR count). The smallest absolute Gasteiger partial charge is 0.267 e. The van der Waals surface area contributed by atoms with Crippen LogP contribution in [0.3, 0.4) is 0 Å². The Morgan fingerprint density at radius 2 is 1.86 bits per heavy atom. The fraction of sp³-hybridized carbons (Fsp3) is 0.333. The van der Waals surface area contributed by atoms with Crippen LogP contribution in [0.15, 0.2) is 57.8 Å². The van der Waals surface area contributed by atoms with Gasteiger partial charge in [0.25, 0.3) is 17.2 Å². The van der Waals surface area contributed by atoms with Gasteiger partial charge in [-0.2, -0.15) is 4.98 Å². The first-order chi connectivity index (χ1) is 17.4. The summed E-state index contributed by atoms with van der Waals surface area (Å²) in [6.45, 7) is 5.03. The van der Waals surface area contributed by atoms with Crippen molar-refractivity contribution in [2.45, 2.75) is 39.7 Å². The first kappa shape index (κ1) is 25.2. The number of aryl methyl sites for hydroxylation is 3. The van der Waals surface area contributed by atoms with E-state index in [0.717, 1.165) is 5.56 Å². The van der Waals surface area contributed by atoms with Crippen LogP contribution in [0.2, 0.25) is 0 Å². The number of carbonyl (C=O) groups is 1. The minimum absolute atomic E-state index is 0.205. The summed E-state index contributed by atoms with van der Waals surface area (Å²) in [6, 6.07) is 14.2. The minimum atomic E-state index is -0.413. The van der Waals surface area contributed by atoms with Crippen molar-refractivity contribution < 1.29 is 13.7 Å². The van der Waals surface area contributed by atoms with Gasteiger partial charge in [0.05, 0.1) is 12.2 Å². The standard InChI is InChI=1S/C27H30FN5O3/c1-18-11-12-21(16-22(18)28)26(34)32(15-7-13-29)14-6-10-23-30-25-24(19(2)31-36-25)27(35)33(23)17-20-8-4-3-5-9-20/h3-5,8-9,11-12,16H,6-7,10,13-15,17,29H2,1-2H3. The van der Waals surface area contributed by atoms with E-state index >= 15 is 0 Å². The van der Waals surface area contributed by atoms with E-state index in [9.17, 15) is 14.0 Å². The van der Waals surface area contributed by atoms with Crippen molar-refractivity contribution >= 4 is 17.0 Å². The number of hydrogen-bond donors (Lipinski definition) is 1. The van der Waals surface area contributed by atoms with Crippen molar-refractivity contribution in [3.63, 3.8) is 0 Å². The van der Waals surface area contributed by atoms with Gasteiger partial charge >= 0.3 is 0 Å². The van der Waals surface area contributed by atoms with Crippen molar-refractivity contribution in [1.29, 1.82) is 0 Å². The minimum Gasteiger partial charge on any atom is -0.339 e. The van der Waals surface area contributed by atoms with Crippen LogP contribution in [-0.2, 0) is 13.0 Å². The maximum atomic E-state index is 14.1. The van der Waals surface area contributed by atoms with Crippen LogP contribution in [-0.4, -0.2) is 45.1 Å². The number of hydrogen-bond acceptors (Lipinski definition) is 6. The molecule has 2 N–H and O–H groups in total. The fourth-order valence-electron chi connectivity index (χ4n) is 4.16. The number of carbonyl (C=O) groups excluding carboxylic acids is 1. The van der Waals surface area contributed by atoms with Gasteiger partial charge in [0.2, 0.25) is 0 Å². The molecule has 0 fully saturated rings. The molecule has 188 valence electrons. The monoisotopic (exact) mass is 491 g/mol. The number of nitrogens with two attached hydrogens (primary N) is 1. The van der Waals surface area contributed by atoms with Crippen LogP contribution in [0.25, 0.3) is 11.1 Å². The second kappa shape index (κ2) is 11.3. The summed E-state index contributed by atoms with van der Waals surface area (Å²) < 4.78 is 21.0. The summed E-state index contributed by atoms with van der Waals surface area (Å²) in [5, 5.41) is 4.28. The molecular weight excluding hydrogens is 461 g/mol. The van der Waals surface area contributed by atoms with Crippen molar-refractivity contribution in [1.82, 2.24) is 19.6 Å². The average molecular weight is 492 g/mol. The Labute approximate surface area is 208 Å². The highest BCUT2D eigenvalue weighted by atomic mass is 19.1. The molecule has 0 saturated heterocycles. The third-order valence-electron chi connectivity index (χ3n) is 6.20. The topological polar surface area (TPSA) is 107 Å². The number of nitrogens with zero attached hydrogens (tertiary/aromatic N) is 4. The molecule has 36 heavy (non-hydrogen) atoms. The number of halogens is 1. The van der Waals surface area contributed by atoms with Gasteiger partial charge in [0.1, 0.15) is 17.0 Å². The van der Waals surface area contributed by atoms with Crippen LogP contribution in [0, 0.1) is 19.7 Å². The van der Waals surface area contributed by atoms with Gasteiger partial charge in [0, 0.05) is 25.1 Å². The molecule has 0 bridgehead atoms. The molecule has 2 heterocycles. The molecule has 0 spiro atoms. The third kappa shape index (κ3) is 5.52. The number of amides is 1. The van der Waals surface area contributed by atoms with E-state index in [1.165, 1.54) is 6.07 Å². The molecule has 0 atom stereocenters. The molecule has 2 aromatic carbocycles. The molecule has 0 unspecified atom stereocenters. The zero-order valence-corrected chi connectivity index (χ0v) is 20.5. The van der Waals surface area contributed by atoms with E-state index in [1.807, 2.05) is 30.3 Å². The van der Waals surface area contributed by atoms with E-state index in [1.54, 1.807) is 35.4 Å². The molecule has 0 aliphatic heterocycles. The highest BCUT2D eigenvalue weighted by molar-refractivity contribution is 5.94. The molecule has 0 radical (unpaired) electrons. The number of benzene rings is 2. The highest BCUT2D eigenvalue weighted by Crippen LogP contribution is 2.16. The van der Waals surface area contributed by atoms with Crippen LogP contribution >= 0.6 is 0 Å². The normalized spacial score (nSPS) is 11.2. The number of rotatable bonds is 10. The second-order valence-electron chi connectivity index (χ2n) is 8.86. The van der Waals surface area contributed by atoms with Crippen LogP contribution < -0.4 is 11.3 Å². The number of aromatic nitrogens is 3. The Morgan fingerprint density at radius 3 is 2.58 bits per heavy atom. The molecule has 0 aliphatic carbocycles. The molecule has 2 aromatic heterocycles. The Hall–Kier alpha value is -3.85. The third-order valence-corrected chi connectivity index (χ3v) is 6.20. The van der Waals surface area contributed by atoms with E-state index in [0.29, 0.717) is 73.5 Å². The maximum Gasteiger partial charge on any atom is 0.267 e. The molecule has 8 nitrogen and oxygen atoms in total. The van der Waals surface area contributed by atoms with Crippen molar-refractivity contribution in [2.24, 2.45) is 5.73 Å². The second-order valence-corrected chi connectivity index (χ2v) is 8.86. The van der Waals surface area contributed by atoms with E-state index in [2.05, 4.69) is 10.1 Å². The van der Waals surface area contributed by atoms with Gasteiger partial charge in [-0.1, -0.05) is 41.6 Å². The van der Waals surface area contributed by atoms with Gasteiger partial charge in [-0.05, 0) is 56.5 Å². The first-order valence-electron chi connectivity index (χ1n) is 12.0. The zero-order chi connectivity index (χ0) is 25.7. The summed E-state index contributed by atoms with van der Waals surface area (Å²) in [4.78, 5) is 32.7. The van der Waals surface area contributed by atoms with Crippen LogP contribution in [0.4, 0.5) is 4.39 Å². The lowest BCUT2D eigenvalue weighted by molar-refractivity contribution is 0.0752.